The molecule has 2 aromatic carbocycles. The molecule has 0 atom stereocenters. The lowest BCUT2D eigenvalue weighted by atomic mass is 10.1. The maximum Gasteiger partial charge on any atom is 0.134 e. The number of unbranched alkanes of at least 4 members (excludes halogenated alkanes) is 1. The first kappa shape index (κ1) is 19.0. The van der Waals surface area contributed by atoms with Gasteiger partial charge < -0.3 is 14.1 Å². The Hall–Kier alpha value is -2.30. The molecule has 4 heteroatoms. The summed E-state index contributed by atoms with van der Waals surface area (Å²) in [5.41, 5.74) is 2.31. The van der Waals surface area contributed by atoms with Gasteiger partial charge in [0.15, 0.2) is 0 Å². The van der Waals surface area contributed by atoms with Crippen LogP contribution in [0.25, 0.3) is 11.0 Å². The van der Waals surface area contributed by atoms with Crippen molar-refractivity contribution in [1.29, 1.82) is 0 Å². The second kappa shape index (κ2) is 9.26. The highest BCUT2D eigenvalue weighted by atomic mass is 16.5. The van der Waals surface area contributed by atoms with E-state index in [2.05, 4.69) is 46.2 Å². The van der Waals surface area contributed by atoms with Crippen molar-refractivity contribution in [3.05, 3.63) is 65.9 Å². The molecule has 28 heavy (non-hydrogen) atoms. The van der Waals surface area contributed by atoms with E-state index in [9.17, 15) is 0 Å². The zero-order valence-electron chi connectivity index (χ0n) is 16.8. The number of hydrogen-bond donors (Lipinski definition) is 0. The largest absolute Gasteiger partial charge is 0.496 e. The van der Waals surface area contributed by atoms with E-state index >= 15 is 0 Å². The number of hydrogen-bond acceptors (Lipinski definition) is 4. The third kappa shape index (κ3) is 4.75. The fourth-order valence-corrected chi connectivity index (χ4v) is 4.07. The molecule has 2 heterocycles. The summed E-state index contributed by atoms with van der Waals surface area (Å²) in [6.07, 6.45) is 3.54. The first-order valence-corrected chi connectivity index (χ1v) is 10.4. The highest BCUT2D eigenvalue weighted by molar-refractivity contribution is 5.77. The van der Waals surface area contributed by atoms with Gasteiger partial charge in [-0.15, -0.1) is 0 Å². The van der Waals surface area contributed by atoms with Gasteiger partial charge in [0.25, 0.3) is 0 Å². The lowest BCUT2D eigenvalue weighted by Crippen LogP contribution is -2.46. The Labute approximate surface area is 167 Å². The molecular formula is C24H30N2O2. The summed E-state index contributed by atoms with van der Waals surface area (Å²) in [5, 5.41) is 1.20. The number of benzene rings is 2. The quantitative estimate of drug-likeness (QED) is 0.537. The number of methoxy groups -OCH3 is 1. The highest BCUT2D eigenvalue weighted by Gasteiger charge is 2.18. The van der Waals surface area contributed by atoms with Gasteiger partial charge in [-0.3, -0.25) is 4.90 Å². The van der Waals surface area contributed by atoms with Crippen molar-refractivity contribution in [1.82, 2.24) is 9.80 Å². The number of nitrogens with zero attached hydrogens (tertiary/aromatic N) is 2. The average Bonchev–Trinajstić information content (AvgIpc) is 3.15. The minimum absolute atomic E-state index is 0.913. The Kier molecular flexibility index (Phi) is 6.30. The Morgan fingerprint density at radius 1 is 0.893 bits per heavy atom. The standard InChI is InChI=1S/C24H30N2O2/c1-27-23-11-4-2-8-20(23)9-6-7-13-25-14-16-26(17-15-25)19-22-18-21-10-3-5-12-24(21)28-22/h2-5,8,10-12,18H,6-7,9,13-17,19H2,1H3. The summed E-state index contributed by atoms with van der Waals surface area (Å²) in [5.74, 6) is 2.09. The van der Waals surface area contributed by atoms with E-state index in [1.54, 1.807) is 7.11 Å². The molecule has 0 bridgehead atoms. The van der Waals surface area contributed by atoms with Crippen LogP contribution in [0.4, 0.5) is 0 Å². The van der Waals surface area contributed by atoms with Crippen molar-refractivity contribution in [2.45, 2.75) is 25.8 Å². The van der Waals surface area contributed by atoms with Gasteiger partial charge in [-0.25, -0.2) is 0 Å². The molecule has 4 nitrogen and oxygen atoms in total. The Balaban J connectivity index is 1.17. The van der Waals surface area contributed by atoms with Crippen molar-refractivity contribution in [2.75, 3.05) is 39.8 Å². The molecule has 1 aromatic heterocycles. The molecule has 0 radical (unpaired) electrons. The van der Waals surface area contributed by atoms with Gasteiger partial charge in [-0.05, 0) is 49.6 Å². The molecular weight excluding hydrogens is 348 g/mol. The molecule has 1 aliphatic heterocycles. The van der Waals surface area contributed by atoms with Crippen molar-refractivity contribution < 1.29 is 9.15 Å². The van der Waals surface area contributed by atoms with Crippen LogP contribution in [-0.4, -0.2) is 49.6 Å². The molecule has 1 aliphatic rings. The normalized spacial score (nSPS) is 15.9. The molecule has 1 fully saturated rings. The Morgan fingerprint density at radius 2 is 1.64 bits per heavy atom. The molecule has 0 N–H and O–H groups in total. The Morgan fingerprint density at radius 3 is 2.46 bits per heavy atom. The summed E-state index contributed by atoms with van der Waals surface area (Å²) in [6.45, 7) is 6.63. The fourth-order valence-electron chi connectivity index (χ4n) is 4.07. The van der Waals surface area contributed by atoms with E-state index in [1.807, 2.05) is 18.2 Å². The van der Waals surface area contributed by atoms with E-state index < -0.39 is 0 Å². The molecule has 0 unspecified atom stereocenters. The second-order valence-electron chi connectivity index (χ2n) is 7.64. The number of para-hydroxylation sites is 2. The summed E-state index contributed by atoms with van der Waals surface area (Å²) >= 11 is 0. The number of ether oxygens (including phenoxy) is 1. The first-order valence-electron chi connectivity index (χ1n) is 10.4. The van der Waals surface area contributed by atoms with Crippen LogP contribution in [0, 0.1) is 0 Å². The summed E-state index contributed by atoms with van der Waals surface area (Å²) in [7, 11) is 1.75. The third-order valence-corrected chi connectivity index (χ3v) is 5.68. The number of rotatable bonds is 8. The predicted molar refractivity (Wildman–Crippen MR) is 114 cm³/mol. The van der Waals surface area contributed by atoms with Gasteiger partial charge in [0.1, 0.15) is 17.1 Å². The topological polar surface area (TPSA) is 28.9 Å². The van der Waals surface area contributed by atoms with Gasteiger partial charge in [0, 0.05) is 31.6 Å². The maximum absolute atomic E-state index is 5.97. The van der Waals surface area contributed by atoms with Crippen LogP contribution in [-0.2, 0) is 13.0 Å². The average molecular weight is 379 g/mol. The van der Waals surface area contributed by atoms with Crippen LogP contribution in [0.5, 0.6) is 5.75 Å². The molecule has 0 aliphatic carbocycles. The highest BCUT2D eigenvalue weighted by Crippen LogP contribution is 2.21. The lowest BCUT2D eigenvalue weighted by molar-refractivity contribution is 0.120. The summed E-state index contributed by atoms with van der Waals surface area (Å²) < 4.78 is 11.4. The lowest BCUT2D eigenvalue weighted by Gasteiger charge is -2.34. The van der Waals surface area contributed by atoms with E-state index in [1.165, 1.54) is 30.3 Å². The molecule has 4 rings (SSSR count). The van der Waals surface area contributed by atoms with Crippen LogP contribution in [0.15, 0.2) is 59.0 Å². The molecule has 148 valence electrons. The van der Waals surface area contributed by atoms with E-state index in [4.69, 9.17) is 9.15 Å². The molecule has 0 amide bonds. The zero-order chi connectivity index (χ0) is 19.2. The minimum atomic E-state index is 0.913. The van der Waals surface area contributed by atoms with Crippen molar-refractivity contribution in [3.63, 3.8) is 0 Å². The maximum atomic E-state index is 5.97. The van der Waals surface area contributed by atoms with E-state index in [-0.39, 0.29) is 0 Å². The van der Waals surface area contributed by atoms with E-state index in [0.29, 0.717) is 0 Å². The predicted octanol–water partition coefficient (Wildman–Crippen LogP) is 4.58. The van der Waals surface area contributed by atoms with Gasteiger partial charge in [0.05, 0.1) is 13.7 Å². The Bertz CT molecular complexity index is 848. The van der Waals surface area contributed by atoms with Gasteiger partial charge in [-0.1, -0.05) is 36.4 Å². The molecule has 0 spiro atoms. The summed E-state index contributed by atoms with van der Waals surface area (Å²) in [6, 6.07) is 18.8. The molecule has 1 saturated heterocycles. The minimum Gasteiger partial charge on any atom is -0.496 e. The molecule has 3 aromatic rings. The van der Waals surface area contributed by atoms with Gasteiger partial charge in [0.2, 0.25) is 0 Å². The number of furan rings is 1. The number of fused-ring (bicyclic) bond motifs is 1. The number of aryl methyl sites for hydroxylation is 1. The van der Waals surface area contributed by atoms with Crippen molar-refractivity contribution >= 4 is 11.0 Å². The van der Waals surface area contributed by atoms with Gasteiger partial charge >= 0.3 is 0 Å². The molecule has 0 saturated carbocycles. The van der Waals surface area contributed by atoms with Crippen LogP contribution < -0.4 is 4.74 Å². The monoisotopic (exact) mass is 378 g/mol. The van der Waals surface area contributed by atoms with Crippen LogP contribution >= 0.6 is 0 Å². The number of piperazine rings is 1. The van der Waals surface area contributed by atoms with Crippen LogP contribution in [0.3, 0.4) is 0 Å². The van der Waals surface area contributed by atoms with Crippen molar-refractivity contribution in [3.8, 4) is 5.75 Å². The zero-order valence-corrected chi connectivity index (χ0v) is 16.8. The SMILES string of the molecule is COc1ccccc1CCCCN1CCN(Cc2cc3ccccc3o2)CC1. The third-order valence-electron chi connectivity index (χ3n) is 5.68. The van der Waals surface area contributed by atoms with Gasteiger partial charge in [-0.2, -0.15) is 0 Å². The smallest absolute Gasteiger partial charge is 0.134 e. The second-order valence-corrected chi connectivity index (χ2v) is 7.64. The van der Waals surface area contributed by atoms with Crippen molar-refractivity contribution in [2.24, 2.45) is 0 Å². The summed E-state index contributed by atoms with van der Waals surface area (Å²) in [4.78, 5) is 5.10. The van der Waals surface area contributed by atoms with Crippen LogP contribution in [0.2, 0.25) is 0 Å². The first-order chi connectivity index (χ1) is 13.8. The fraction of sp³-hybridized carbons (Fsp3) is 0.417. The van der Waals surface area contributed by atoms with E-state index in [0.717, 1.165) is 56.2 Å². The van der Waals surface area contributed by atoms with Crippen LogP contribution in [0.1, 0.15) is 24.2 Å².